The smallest absolute Gasteiger partial charge is 0.232 e. The van der Waals surface area contributed by atoms with Gasteiger partial charge in [-0.15, -0.1) is 0 Å². The van der Waals surface area contributed by atoms with Crippen molar-refractivity contribution in [1.82, 2.24) is 4.31 Å². The Bertz CT molecular complexity index is 735. The van der Waals surface area contributed by atoms with Crippen molar-refractivity contribution in [3.63, 3.8) is 0 Å². The fraction of sp³-hybridized carbons (Fsp3) is 0.417. The highest BCUT2D eigenvalue weighted by Gasteiger charge is 2.39. The molecule has 1 aromatic rings. The van der Waals surface area contributed by atoms with Crippen molar-refractivity contribution in [3.8, 4) is 0 Å². The first kappa shape index (κ1) is 17.6. The summed E-state index contributed by atoms with van der Waals surface area (Å²) in [7, 11) is -4.50. The number of sulfonamides is 1. The van der Waals surface area contributed by atoms with E-state index in [2.05, 4.69) is 0 Å². The number of amides is 1. The average Bonchev–Trinajstić information content (AvgIpc) is 3.29. The first-order chi connectivity index (χ1) is 10.6. The number of nitrogens with two attached hydrogens (primary N) is 1. The Labute approximate surface area is 127 Å². The number of hydrogen-bond acceptors (Lipinski definition) is 3. The quantitative estimate of drug-likeness (QED) is 0.471. The lowest BCUT2D eigenvalue weighted by molar-refractivity contribution is -0.118. The molecule has 11 heteroatoms. The molecule has 0 aliphatic heterocycles. The molecule has 0 saturated heterocycles. The zero-order valence-corrected chi connectivity index (χ0v) is 12.3. The van der Waals surface area contributed by atoms with Crippen LogP contribution in [0.25, 0.3) is 0 Å². The van der Waals surface area contributed by atoms with Gasteiger partial charge in [-0.2, -0.15) is 4.31 Å². The normalized spacial score (nSPS) is 15.2. The first-order valence-electron chi connectivity index (χ1n) is 6.34. The van der Waals surface area contributed by atoms with E-state index in [1.165, 1.54) is 0 Å². The van der Waals surface area contributed by atoms with Crippen LogP contribution in [0, 0.1) is 29.1 Å². The molecule has 5 nitrogen and oxygen atoms in total. The number of primary amides is 1. The van der Waals surface area contributed by atoms with Gasteiger partial charge in [-0.05, 0) is 12.8 Å². The Balaban J connectivity index is 2.43. The summed E-state index contributed by atoms with van der Waals surface area (Å²) in [5.74, 6) is -13.8. The zero-order valence-electron chi connectivity index (χ0n) is 11.5. The van der Waals surface area contributed by atoms with Gasteiger partial charge in [0.2, 0.25) is 21.7 Å². The van der Waals surface area contributed by atoms with Crippen LogP contribution >= 0.6 is 0 Å². The number of nitrogens with zero attached hydrogens (tertiary/aromatic N) is 1. The van der Waals surface area contributed by atoms with E-state index in [9.17, 15) is 35.2 Å². The van der Waals surface area contributed by atoms with Gasteiger partial charge >= 0.3 is 0 Å². The van der Waals surface area contributed by atoms with Crippen LogP contribution in [0.4, 0.5) is 22.0 Å². The highest BCUT2D eigenvalue weighted by atomic mass is 32.2. The van der Waals surface area contributed by atoms with Crippen LogP contribution in [0.1, 0.15) is 18.4 Å². The summed E-state index contributed by atoms with van der Waals surface area (Å²) in [5.41, 5.74) is 3.44. The number of hydrogen-bond donors (Lipinski definition) is 1. The third kappa shape index (κ3) is 3.44. The van der Waals surface area contributed by atoms with Crippen molar-refractivity contribution < 1.29 is 35.2 Å². The highest BCUT2D eigenvalue weighted by molar-refractivity contribution is 7.88. The van der Waals surface area contributed by atoms with Crippen molar-refractivity contribution in [2.75, 3.05) is 6.54 Å². The summed E-state index contributed by atoms with van der Waals surface area (Å²) in [6.07, 6.45) is 0.813. The lowest BCUT2D eigenvalue weighted by atomic mass is 10.2. The van der Waals surface area contributed by atoms with E-state index >= 15 is 0 Å². The predicted octanol–water partition coefficient (Wildman–Crippen LogP) is 1.16. The summed E-state index contributed by atoms with van der Waals surface area (Å²) < 4.78 is 91.3. The maximum Gasteiger partial charge on any atom is 0.232 e. The molecule has 0 bridgehead atoms. The molecule has 0 unspecified atom stereocenters. The van der Waals surface area contributed by atoms with E-state index in [1.807, 2.05) is 0 Å². The van der Waals surface area contributed by atoms with E-state index in [-0.39, 0.29) is 0 Å². The number of benzene rings is 1. The Morgan fingerprint density at radius 1 is 1.00 bits per heavy atom. The van der Waals surface area contributed by atoms with Crippen LogP contribution in [-0.4, -0.2) is 31.2 Å². The van der Waals surface area contributed by atoms with Gasteiger partial charge in [0, 0.05) is 11.6 Å². The summed E-state index contributed by atoms with van der Waals surface area (Å²) in [6, 6.07) is -0.575. The fourth-order valence-corrected chi connectivity index (χ4v) is 3.79. The van der Waals surface area contributed by atoms with Crippen LogP contribution in [-0.2, 0) is 20.6 Å². The second-order valence-electron chi connectivity index (χ2n) is 5.05. The van der Waals surface area contributed by atoms with Crippen molar-refractivity contribution in [2.24, 2.45) is 5.73 Å². The largest absolute Gasteiger partial charge is 0.369 e. The monoisotopic (exact) mass is 358 g/mol. The van der Waals surface area contributed by atoms with Gasteiger partial charge in [0.1, 0.15) is 0 Å². The minimum atomic E-state index is -4.50. The molecule has 128 valence electrons. The number of halogens is 5. The molecule has 1 aliphatic rings. The maximum atomic E-state index is 13.6. The van der Waals surface area contributed by atoms with Crippen molar-refractivity contribution in [1.29, 1.82) is 0 Å². The van der Waals surface area contributed by atoms with Crippen molar-refractivity contribution >= 4 is 15.9 Å². The third-order valence-corrected chi connectivity index (χ3v) is 5.05. The molecule has 1 fully saturated rings. The molecule has 1 saturated carbocycles. The molecule has 2 rings (SSSR count). The van der Waals surface area contributed by atoms with Gasteiger partial charge in [0.25, 0.3) is 0 Å². The zero-order chi connectivity index (χ0) is 17.5. The standard InChI is InChI=1S/C12H11F5N2O3S/c13-8-6(9(14)11(16)12(17)10(8)15)4-23(21,22)19(3-7(18)20)5-1-2-5/h5H,1-4H2,(H2,18,20). The van der Waals surface area contributed by atoms with E-state index in [4.69, 9.17) is 5.73 Å². The van der Waals surface area contributed by atoms with E-state index in [0.717, 1.165) is 0 Å². The van der Waals surface area contributed by atoms with Crippen LogP contribution in [0.2, 0.25) is 0 Å². The maximum absolute atomic E-state index is 13.6. The molecule has 2 N–H and O–H groups in total. The van der Waals surface area contributed by atoms with Crippen LogP contribution < -0.4 is 5.73 Å². The van der Waals surface area contributed by atoms with Gasteiger partial charge in [-0.25, -0.2) is 30.4 Å². The molecule has 1 aromatic carbocycles. The lowest BCUT2D eigenvalue weighted by Crippen LogP contribution is -2.40. The Kier molecular flexibility index (Phi) is 4.62. The van der Waals surface area contributed by atoms with Gasteiger partial charge in [-0.1, -0.05) is 0 Å². The molecule has 1 amide bonds. The molecule has 1 aliphatic carbocycles. The third-order valence-electron chi connectivity index (χ3n) is 3.25. The molecule has 0 radical (unpaired) electrons. The molecule has 0 heterocycles. The summed E-state index contributed by atoms with van der Waals surface area (Å²) in [5, 5.41) is 0. The molecular weight excluding hydrogens is 347 g/mol. The first-order valence-corrected chi connectivity index (χ1v) is 7.95. The molecule has 23 heavy (non-hydrogen) atoms. The van der Waals surface area contributed by atoms with E-state index in [0.29, 0.717) is 17.1 Å². The minimum absolute atomic E-state index is 0.406. The fourth-order valence-electron chi connectivity index (χ4n) is 2.01. The topological polar surface area (TPSA) is 80.5 Å². The molecule has 0 atom stereocenters. The second kappa shape index (κ2) is 6.04. The summed E-state index contributed by atoms with van der Waals surface area (Å²) in [6.45, 7) is -0.734. The average molecular weight is 358 g/mol. The van der Waals surface area contributed by atoms with Gasteiger partial charge in [-0.3, -0.25) is 4.79 Å². The number of carbonyl (C=O) groups excluding carboxylic acids is 1. The van der Waals surface area contributed by atoms with E-state index in [1.54, 1.807) is 0 Å². The Hall–Kier alpha value is -1.75. The highest BCUT2D eigenvalue weighted by Crippen LogP contribution is 2.32. The summed E-state index contributed by atoms with van der Waals surface area (Å²) >= 11 is 0. The Morgan fingerprint density at radius 3 is 1.83 bits per heavy atom. The van der Waals surface area contributed by atoms with Crippen LogP contribution in [0.3, 0.4) is 0 Å². The summed E-state index contributed by atoms with van der Waals surface area (Å²) in [4.78, 5) is 10.9. The van der Waals surface area contributed by atoms with Crippen LogP contribution in [0.15, 0.2) is 0 Å². The number of rotatable bonds is 6. The minimum Gasteiger partial charge on any atom is -0.369 e. The van der Waals surface area contributed by atoms with Gasteiger partial charge in [0.15, 0.2) is 23.3 Å². The molecule has 0 aromatic heterocycles. The predicted molar refractivity (Wildman–Crippen MR) is 67.8 cm³/mol. The Morgan fingerprint density at radius 2 is 1.43 bits per heavy atom. The van der Waals surface area contributed by atoms with Crippen LogP contribution in [0.5, 0.6) is 0 Å². The SMILES string of the molecule is NC(=O)CN(C1CC1)S(=O)(=O)Cc1c(F)c(F)c(F)c(F)c1F. The number of carbonyl (C=O) groups is 1. The van der Waals surface area contributed by atoms with E-state index < -0.39 is 68.9 Å². The lowest BCUT2D eigenvalue weighted by Gasteiger charge is -2.20. The second-order valence-corrected chi connectivity index (χ2v) is 6.97. The molecular formula is C12H11F5N2O3S. The van der Waals surface area contributed by atoms with Gasteiger partial charge in [0.05, 0.1) is 12.3 Å². The molecule has 0 spiro atoms. The van der Waals surface area contributed by atoms with Crippen molar-refractivity contribution in [3.05, 3.63) is 34.6 Å². The van der Waals surface area contributed by atoms with Gasteiger partial charge < -0.3 is 5.73 Å². The van der Waals surface area contributed by atoms with Crippen molar-refractivity contribution in [2.45, 2.75) is 24.6 Å².